The van der Waals surface area contributed by atoms with Crippen LogP contribution in [0.25, 0.3) is 0 Å². The van der Waals surface area contributed by atoms with Gasteiger partial charge in [-0.25, -0.2) is 8.37 Å². The Morgan fingerprint density at radius 3 is 2.29 bits per heavy atom. The van der Waals surface area contributed by atoms with Gasteiger partial charge in [-0.2, -0.15) is 16.8 Å². The van der Waals surface area contributed by atoms with Gasteiger partial charge < -0.3 is 24.8 Å². The first-order valence-corrected chi connectivity index (χ1v) is 20.2. The first kappa shape index (κ1) is 38.5. The highest BCUT2D eigenvalue weighted by atomic mass is 32.3. The Morgan fingerprint density at radius 2 is 1.67 bits per heavy atom. The van der Waals surface area contributed by atoms with Crippen LogP contribution in [0.1, 0.15) is 106 Å². The Bertz CT molecular complexity index is 1410. The van der Waals surface area contributed by atoms with Crippen molar-refractivity contribution in [1.82, 2.24) is 0 Å². The van der Waals surface area contributed by atoms with Crippen LogP contribution in [0.5, 0.6) is 0 Å². The van der Waals surface area contributed by atoms with Crippen molar-refractivity contribution in [1.29, 1.82) is 0 Å². The van der Waals surface area contributed by atoms with Crippen molar-refractivity contribution in [2.24, 2.45) is 40.4 Å². The number of aliphatic hydroxyl groups excluding tert-OH is 2. The first-order valence-electron chi connectivity index (χ1n) is 17.5. The van der Waals surface area contributed by atoms with Crippen molar-refractivity contribution >= 4 is 20.8 Å². The summed E-state index contributed by atoms with van der Waals surface area (Å²) in [6.07, 6.45) is 0.518. The maximum atomic E-state index is 11.9. The monoisotopic (exact) mass is 724 g/mol. The molecule has 14 atom stereocenters. The zero-order valence-corrected chi connectivity index (χ0v) is 30.5. The molecule has 0 radical (unpaired) electrons. The summed E-state index contributed by atoms with van der Waals surface area (Å²) >= 11 is 0. The molecule has 1 heterocycles. The number of allylic oxidation sites excluding steroid dienone is 2. The van der Waals surface area contributed by atoms with E-state index in [2.05, 4.69) is 38.0 Å². The lowest BCUT2D eigenvalue weighted by Crippen LogP contribution is -2.61. The minimum atomic E-state index is -4.95. The Kier molecular flexibility index (Phi) is 11.0. The van der Waals surface area contributed by atoms with E-state index >= 15 is 0 Å². The predicted molar refractivity (Wildman–Crippen MR) is 174 cm³/mol. The van der Waals surface area contributed by atoms with Gasteiger partial charge in [0.2, 0.25) is 0 Å². The lowest BCUT2D eigenvalue weighted by molar-refractivity contribution is -0.312. The summed E-state index contributed by atoms with van der Waals surface area (Å²) in [4.78, 5) is 0. The van der Waals surface area contributed by atoms with Crippen LogP contribution in [-0.4, -0.2) is 89.8 Å². The molecule has 5 rings (SSSR count). The largest absolute Gasteiger partial charge is 0.397 e. The van der Waals surface area contributed by atoms with Crippen LogP contribution >= 0.6 is 0 Å². The molecule has 1 saturated heterocycles. The average molecular weight is 725 g/mol. The molecule has 0 bridgehead atoms. The third kappa shape index (κ3) is 7.71. The Balaban J connectivity index is 1.44. The smallest absolute Gasteiger partial charge is 0.390 e. The van der Waals surface area contributed by atoms with Crippen LogP contribution < -0.4 is 0 Å². The zero-order chi connectivity index (χ0) is 35.6. The van der Waals surface area contributed by atoms with Gasteiger partial charge in [0.1, 0.15) is 18.3 Å². The van der Waals surface area contributed by atoms with Crippen molar-refractivity contribution < 1.29 is 59.1 Å². The van der Waals surface area contributed by atoms with E-state index in [1.807, 2.05) is 6.92 Å². The van der Waals surface area contributed by atoms with Gasteiger partial charge in [-0.1, -0.05) is 52.2 Å². The first-order chi connectivity index (χ1) is 22.1. The minimum absolute atomic E-state index is 0.0733. The summed E-state index contributed by atoms with van der Waals surface area (Å²) in [5.41, 5.74) is -0.133. The van der Waals surface area contributed by atoms with Crippen LogP contribution in [0, 0.1) is 40.4 Å². The van der Waals surface area contributed by atoms with Crippen LogP contribution in [0.2, 0.25) is 0 Å². The molecule has 3 saturated carbocycles. The molecule has 0 unspecified atom stereocenters. The second-order valence-corrected chi connectivity index (χ2v) is 18.5. The average Bonchev–Trinajstić information content (AvgIpc) is 3.31. The number of aliphatic hydroxyl groups is 3. The molecular formula is C33H56O13S2. The number of hydrogen-bond donors (Lipinski definition) is 5. The summed E-state index contributed by atoms with van der Waals surface area (Å²) in [6, 6.07) is 0. The highest BCUT2D eigenvalue weighted by Crippen LogP contribution is 2.67. The molecule has 0 aromatic rings. The Hall–Kier alpha value is -0.720. The molecule has 0 aromatic carbocycles. The van der Waals surface area contributed by atoms with Crippen molar-refractivity contribution in [3.8, 4) is 0 Å². The zero-order valence-electron chi connectivity index (χ0n) is 28.9. The maximum absolute atomic E-state index is 11.9. The van der Waals surface area contributed by atoms with E-state index in [0.29, 0.717) is 25.2 Å². The molecule has 0 amide bonds. The second kappa shape index (κ2) is 13.7. The van der Waals surface area contributed by atoms with Gasteiger partial charge >= 0.3 is 20.8 Å². The number of hydrogen-bond acceptors (Lipinski definition) is 11. The molecule has 278 valence electrons. The van der Waals surface area contributed by atoms with E-state index in [-0.39, 0.29) is 35.5 Å². The van der Waals surface area contributed by atoms with Crippen molar-refractivity contribution in [2.45, 2.75) is 154 Å². The maximum Gasteiger partial charge on any atom is 0.397 e. The third-order valence-corrected chi connectivity index (χ3v) is 13.7. The fourth-order valence-corrected chi connectivity index (χ4v) is 11.6. The SMILES string of the molecule is CC(C)CCC[C@](C)(O)[C@H]1CC[C@H]2[C@@H]3C[C@H](O[C@@H]4O[C@H](C)[C@@H](OS(=O)(=O)O)[C@H](O)[C@H]4O)[C@H]4C[C@@H](OS(=O)(=O)O)CC[C@]4(C)C3=CC[C@@]21C. The molecule has 0 aromatic heterocycles. The molecule has 48 heavy (non-hydrogen) atoms. The van der Waals surface area contributed by atoms with Crippen LogP contribution in [0.3, 0.4) is 0 Å². The van der Waals surface area contributed by atoms with Gasteiger partial charge in [0.15, 0.2) is 6.29 Å². The molecule has 4 fully saturated rings. The van der Waals surface area contributed by atoms with Crippen LogP contribution in [-0.2, 0) is 38.6 Å². The molecule has 5 N–H and O–H groups in total. The van der Waals surface area contributed by atoms with E-state index in [4.69, 9.17) is 13.7 Å². The highest BCUT2D eigenvalue weighted by Gasteiger charge is 2.62. The molecule has 0 spiro atoms. The quantitative estimate of drug-likeness (QED) is 0.151. The highest BCUT2D eigenvalue weighted by molar-refractivity contribution is 7.81. The predicted octanol–water partition coefficient (Wildman–Crippen LogP) is 3.98. The second-order valence-electron chi connectivity index (χ2n) is 16.4. The summed E-state index contributed by atoms with van der Waals surface area (Å²) in [5, 5.41) is 33.7. The van der Waals surface area contributed by atoms with Gasteiger partial charge in [0, 0.05) is 0 Å². The van der Waals surface area contributed by atoms with E-state index < -0.39 is 74.7 Å². The Morgan fingerprint density at radius 1 is 1.00 bits per heavy atom. The summed E-state index contributed by atoms with van der Waals surface area (Å²) < 4.78 is 86.9. The van der Waals surface area contributed by atoms with Crippen molar-refractivity contribution in [3.63, 3.8) is 0 Å². The van der Waals surface area contributed by atoms with Gasteiger partial charge in [0.05, 0.1) is 23.9 Å². The summed E-state index contributed by atoms with van der Waals surface area (Å²) in [7, 11) is -9.66. The molecular weight excluding hydrogens is 668 g/mol. The van der Waals surface area contributed by atoms with Gasteiger partial charge in [-0.15, -0.1) is 0 Å². The van der Waals surface area contributed by atoms with E-state index in [0.717, 1.165) is 38.5 Å². The molecule has 4 aliphatic carbocycles. The van der Waals surface area contributed by atoms with Gasteiger partial charge in [-0.3, -0.25) is 9.11 Å². The molecule has 13 nitrogen and oxygen atoms in total. The normalized spacial score (nSPS) is 44.8. The van der Waals surface area contributed by atoms with Crippen molar-refractivity contribution in [2.75, 3.05) is 0 Å². The lowest BCUT2D eigenvalue weighted by Gasteiger charge is -2.60. The summed E-state index contributed by atoms with van der Waals surface area (Å²) in [5.74, 6) is 0.669. The van der Waals surface area contributed by atoms with Crippen LogP contribution in [0.4, 0.5) is 0 Å². The third-order valence-electron chi connectivity index (χ3n) is 12.8. The van der Waals surface area contributed by atoms with E-state index in [1.54, 1.807) is 0 Å². The molecule has 15 heteroatoms. The van der Waals surface area contributed by atoms with Gasteiger partial charge in [0.25, 0.3) is 0 Å². The van der Waals surface area contributed by atoms with Crippen LogP contribution in [0.15, 0.2) is 11.6 Å². The fraction of sp³-hybridized carbons (Fsp3) is 0.939. The van der Waals surface area contributed by atoms with Gasteiger partial charge in [-0.05, 0) is 106 Å². The molecule has 1 aliphatic heterocycles. The fourth-order valence-electron chi connectivity index (χ4n) is 10.5. The summed E-state index contributed by atoms with van der Waals surface area (Å²) in [6.45, 7) is 12.2. The van der Waals surface area contributed by atoms with E-state index in [9.17, 15) is 41.3 Å². The number of fused-ring (bicyclic) bond motifs is 5. The topological polar surface area (TPSA) is 206 Å². The standard InChI is InChI=1S/C33H56O13S2/c1-18(2)8-7-13-33(6,36)26-10-9-22-21-17-25(44-30-28(35)27(34)29(19(3)43-30)46-48(40,41)42)24-16-20(45-47(37,38)39)11-14-31(24,4)23(21)12-15-32(22,26)5/h12,18-22,24-30,34-36H,7-11,13-17H2,1-6H3,(H,37,38,39)(H,40,41,42)/t19-,20+,21+,22+,24-,25+,26+,27-,28-,29-,30+,31-,32+,33+/m1/s1. The lowest BCUT2D eigenvalue weighted by atomic mass is 9.47. The molecule has 5 aliphatic rings. The minimum Gasteiger partial charge on any atom is -0.390 e. The Labute approximate surface area is 285 Å². The van der Waals surface area contributed by atoms with E-state index in [1.165, 1.54) is 12.5 Å². The number of ether oxygens (including phenoxy) is 2. The number of rotatable bonds is 11. The van der Waals surface area contributed by atoms with Crippen molar-refractivity contribution in [3.05, 3.63) is 11.6 Å².